The Hall–Kier alpha value is -2.31. The summed E-state index contributed by atoms with van der Waals surface area (Å²) in [4.78, 5) is 11.7. The van der Waals surface area contributed by atoms with E-state index in [1.165, 1.54) is 12.3 Å². The highest BCUT2D eigenvalue weighted by molar-refractivity contribution is 5.94. The standard InChI is InChI=1S/C13H9F4NO2/c14-10-3-1-8(2-4-10)11(13(15,16)17)18-12(19)9-5-6-20-7-9/h1-7,11H,(H,18,19)/t11-/m0/s1. The van der Waals surface area contributed by atoms with Crippen LogP contribution < -0.4 is 5.32 Å². The molecule has 0 bridgehead atoms. The lowest BCUT2D eigenvalue weighted by Crippen LogP contribution is -2.38. The third-order valence-electron chi connectivity index (χ3n) is 2.59. The van der Waals surface area contributed by atoms with E-state index in [4.69, 9.17) is 0 Å². The summed E-state index contributed by atoms with van der Waals surface area (Å²) >= 11 is 0. The molecule has 1 aromatic heterocycles. The summed E-state index contributed by atoms with van der Waals surface area (Å²) in [6.45, 7) is 0. The molecule has 106 valence electrons. The number of alkyl halides is 3. The van der Waals surface area contributed by atoms with Crippen molar-refractivity contribution < 1.29 is 26.8 Å². The van der Waals surface area contributed by atoms with Crippen molar-refractivity contribution in [2.45, 2.75) is 12.2 Å². The first-order chi connectivity index (χ1) is 9.38. The van der Waals surface area contributed by atoms with Crippen LogP contribution in [0, 0.1) is 5.82 Å². The number of carbonyl (C=O) groups is 1. The van der Waals surface area contributed by atoms with Crippen LogP contribution in [-0.2, 0) is 0 Å². The van der Waals surface area contributed by atoms with E-state index in [1.807, 2.05) is 5.32 Å². The van der Waals surface area contributed by atoms with E-state index in [9.17, 15) is 22.4 Å². The Morgan fingerprint density at radius 3 is 2.30 bits per heavy atom. The molecule has 1 N–H and O–H groups in total. The Morgan fingerprint density at radius 1 is 1.15 bits per heavy atom. The summed E-state index contributed by atoms with van der Waals surface area (Å²) in [5.41, 5.74) is -0.280. The highest BCUT2D eigenvalue weighted by Gasteiger charge is 2.42. The molecular weight excluding hydrogens is 278 g/mol. The predicted molar refractivity (Wildman–Crippen MR) is 61.4 cm³/mol. The van der Waals surface area contributed by atoms with Crippen LogP contribution in [0.15, 0.2) is 47.3 Å². The third kappa shape index (κ3) is 3.17. The van der Waals surface area contributed by atoms with E-state index in [0.29, 0.717) is 0 Å². The molecule has 2 rings (SSSR count). The zero-order valence-corrected chi connectivity index (χ0v) is 9.95. The van der Waals surface area contributed by atoms with Crippen LogP contribution in [0.3, 0.4) is 0 Å². The number of rotatable bonds is 3. The maximum Gasteiger partial charge on any atom is 0.412 e. The summed E-state index contributed by atoms with van der Waals surface area (Å²) in [5.74, 6) is -1.58. The molecule has 0 aliphatic heterocycles. The molecule has 1 heterocycles. The first-order valence-electron chi connectivity index (χ1n) is 5.53. The minimum Gasteiger partial charge on any atom is -0.472 e. The summed E-state index contributed by atoms with van der Waals surface area (Å²) in [6.07, 6.45) is -2.49. The second kappa shape index (κ2) is 5.36. The molecule has 7 heteroatoms. The van der Waals surface area contributed by atoms with Gasteiger partial charge in [0.15, 0.2) is 6.04 Å². The summed E-state index contributed by atoms with van der Waals surface area (Å²) in [7, 11) is 0. The number of hydrogen-bond acceptors (Lipinski definition) is 2. The molecule has 3 nitrogen and oxygen atoms in total. The number of carbonyl (C=O) groups excluding carboxylic acids is 1. The van der Waals surface area contributed by atoms with E-state index < -0.39 is 23.9 Å². The minimum atomic E-state index is -4.70. The molecule has 1 amide bonds. The zero-order valence-electron chi connectivity index (χ0n) is 9.95. The molecule has 0 unspecified atom stereocenters. The van der Waals surface area contributed by atoms with Gasteiger partial charge < -0.3 is 9.73 Å². The molecule has 0 saturated heterocycles. The van der Waals surface area contributed by atoms with Crippen LogP contribution in [0.1, 0.15) is 22.0 Å². The molecule has 1 atom stereocenters. The second-order valence-corrected chi connectivity index (χ2v) is 4.01. The number of halogens is 4. The zero-order chi connectivity index (χ0) is 14.8. The van der Waals surface area contributed by atoms with Gasteiger partial charge in [0, 0.05) is 0 Å². The van der Waals surface area contributed by atoms with Crippen LogP contribution in [0.5, 0.6) is 0 Å². The minimum absolute atomic E-state index is 0.0265. The largest absolute Gasteiger partial charge is 0.472 e. The maximum absolute atomic E-state index is 13.0. The normalized spacial score (nSPS) is 13.0. The molecule has 20 heavy (non-hydrogen) atoms. The Labute approximate surface area is 111 Å². The van der Waals surface area contributed by atoms with Crippen LogP contribution in [-0.4, -0.2) is 12.1 Å². The Balaban J connectivity index is 2.25. The SMILES string of the molecule is O=C(N[C@@H](c1ccc(F)cc1)C(F)(F)F)c1ccoc1. The van der Waals surface area contributed by atoms with Crippen molar-refractivity contribution in [3.8, 4) is 0 Å². The molecule has 0 radical (unpaired) electrons. The smallest absolute Gasteiger partial charge is 0.412 e. The number of nitrogens with one attached hydrogen (secondary N) is 1. The van der Waals surface area contributed by atoms with Crippen molar-refractivity contribution in [2.24, 2.45) is 0 Å². The van der Waals surface area contributed by atoms with Gasteiger partial charge >= 0.3 is 6.18 Å². The van der Waals surface area contributed by atoms with Crippen molar-refractivity contribution in [1.82, 2.24) is 5.32 Å². The van der Waals surface area contributed by atoms with Gasteiger partial charge in [-0.1, -0.05) is 12.1 Å². The van der Waals surface area contributed by atoms with Gasteiger partial charge in [0.2, 0.25) is 0 Å². The molecule has 0 fully saturated rings. The molecule has 0 aliphatic rings. The van der Waals surface area contributed by atoms with Crippen LogP contribution in [0.4, 0.5) is 17.6 Å². The average Bonchev–Trinajstić information content (AvgIpc) is 2.89. The fraction of sp³-hybridized carbons (Fsp3) is 0.154. The van der Waals surface area contributed by atoms with Gasteiger partial charge in [0.25, 0.3) is 5.91 Å². The lowest BCUT2D eigenvalue weighted by Gasteiger charge is -2.21. The maximum atomic E-state index is 13.0. The number of amides is 1. The Morgan fingerprint density at radius 2 is 1.80 bits per heavy atom. The second-order valence-electron chi connectivity index (χ2n) is 4.01. The van der Waals surface area contributed by atoms with Gasteiger partial charge in [-0.2, -0.15) is 13.2 Å². The summed E-state index contributed by atoms with van der Waals surface area (Å²) in [5, 5.41) is 1.85. The molecular formula is C13H9F4NO2. The van der Waals surface area contributed by atoms with Crippen molar-refractivity contribution >= 4 is 5.91 Å². The van der Waals surface area contributed by atoms with Gasteiger partial charge in [-0.25, -0.2) is 4.39 Å². The van der Waals surface area contributed by atoms with Gasteiger partial charge in [-0.3, -0.25) is 4.79 Å². The fourth-order valence-electron chi connectivity index (χ4n) is 1.62. The quantitative estimate of drug-likeness (QED) is 0.878. The highest BCUT2D eigenvalue weighted by atomic mass is 19.4. The van der Waals surface area contributed by atoms with Crippen LogP contribution >= 0.6 is 0 Å². The topological polar surface area (TPSA) is 42.2 Å². The van der Waals surface area contributed by atoms with Gasteiger partial charge in [0.05, 0.1) is 11.8 Å². The lowest BCUT2D eigenvalue weighted by atomic mass is 10.1. The van der Waals surface area contributed by atoms with Crippen molar-refractivity contribution in [1.29, 1.82) is 0 Å². The van der Waals surface area contributed by atoms with Gasteiger partial charge in [-0.15, -0.1) is 0 Å². The van der Waals surface area contributed by atoms with E-state index in [0.717, 1.165) is 30.5 Å². The third-order valence-corrected chi connectivity index (χ3v) is 2.59. The fourth-order valence-corrected chi connectivity index (χ4v) is 1.62. The number of hydrogen-bond donors (Lipinski definition) is 1. The predicted octanol–water partition coefficient (Wildman–Crippen LogP) is 3.45. The van der Waals surface area contributed by atoms with Crippen LogP contribution in [0.25, 0.3) is 0 Å². The highest BCUT2D eigenvalue weighted by Crippen LogP contribution is 2.33. The van der Waals surface area contributed by atoms with E-state index in [2.05, 4.69) is 4.42 Å². The molecule has 1 aromatic carbocycles. The van der Waals surface area contributed by atoms with Crippen LogP contribution in [0.2, 0.25) is 0 Å². The Bertz CT molecular complexity index is 575. The van der Waals surface area contributed by atoms with Crippen molar-refractivity contribution in [3.63, 3.8) is 0 Å². The first-order valence-corrected chi connectivity index (χ1v) is 5.53. The first kappa shape index (κ1) is 14.1. The molecule has 0 saturated carbocycles. The van der Waals surface area contributed by atoms with E-state index in [-0.39, 0.29) is 11.1 Å². The molecule has 2 aromatic rings. The lowest BCUT2D eigenvalue weighted by molar-refractivity contribution is -0.155. The van der Waals surface area contributed by atoms with Crippen molar-refractivity contribution in [3.05, 3.63) is 59.8 Å². The van der Waals surface area contributed by atoms with Gasteiger partial charge in [0.1, 0.15) is 12.1 Å². The Kier molecular flexibility index (Phi) is 3.78. The number of furan rings is 1. The summed E-state index contributed by atoms with van der Waals surface area (Å²) < 4.78 is 56.3. The van der Waals surface area contributed by atoms with E-state index in [1.54, 1.807) is 0 Å². The molecule has 0 spiro atoms. The van der Waals surface area contributed by atoms with E-state index >= 15 is 0 Å². The molecule has 0 aliphatic carbocycles. The average molecular weight is 287 g/mol. The van der Waals surface area contributed by atoms with Crippen molar-refractivity contribution in [2.75, 3.05) is 0 Å². The monoisotopic (exact) mass is 287 g/mol. The number of benzene rings is 1. The summed E-state index contributed by atoms with van der Waals surface area (Å²) in [6, 6.07) is 2.78. The van der Waals surface area contributed by atoms with Gasteiger partial charge in [-0.05, 0) is 23.8 Å².